The molecule has 1 aromatic rings. The summed E-state index contributed by atoms with van der Waals surface area (Å²) < 4.78 is 0. The van der Waals surface area contributed by atoms with Crippen molar-refractivity contribution in [3.8, 4) is 0 Å². The lowest BCUT2D eigenvalue weighted by atomic mass is 10.1. The highest BCUT2D eigenvalue weighted by Crippen LogP contribution is 2.06. The second-order valence-electron chi connectivity index (χ2n) is 5.01. The molecule has 0 unspecified atom stereocenters. The predicted octanol–water partition coefficient (Wildman–Crippen LogP) is 3.59. The van der Waals surface area contributed by atoms with Crippen molar-refractivity contribution in [2.45, 2.75) is 51.9 Å². The van der Waals surface area contributed by atoms with Gasteiger partial charge in [0, 0.05) is 12.1 Å². The van der Waals surface area contributed by atoms with Crippen molar-refractivity contribution < 1.29 is 9.59 Å². The largest absolute Gasteiger partial charge is 0.337 e. The van der Waals surface area contributed by atoms with Crippen LogP contribution < -0.4 is 16.2 Å². The smallest absolute Gasteiger partial charge is 0.307 e. The Morgan fingerprint density at radius 1 is 0.905 bits per heavy atom. The number of urea groups is 1. The van der Waals surface area contributed by atoms with Gasteiger partial charge in [-0.2, -0.15) is 0 Å². The Bertz CT molecular complexity index is 421. The lowest BCUT2D eigenvalue weighted by Crippen LogP contribution is -2.43. The van der Waals surface area contributed by atoms with Gasteiger partial charge in [-0.3, -0.25) is 10.2 Å². The standard InChI is InChI=1S/C16H25N3O2/c1-2-3-4-5-6-10-13-15(20)18-19-16(21)17-14-11-8-7-9-12-14/h7-9,11-12H,2-6,10,13H2,1H3,(H,18,20)(H2,17,19,21). The lowest BCUT2D eigenvalue weighted by molar-refractivity contribution is -0.121. The van der Waals surface area contributed by atoms with Crippen LogP contribution >= 0.6 is 0 Å². The van der Waals surface area contributed by atoms with Crippen LogP contribution in [0.1, 0.15) is 51.9 Å². The predicted molar refractivity (Wildman–Crippen MR) is 84.7 cm³/mol. The fourth-order valence-corrected chi connectivity index (χ4v) is 1.94. The van der Waals surface area contributed by atoms with E-state index in [1.165, 1.54) is 25.7 Å². The molecule has 1 aromatic carbocycles. The summed E-state index contributed by atoms with van der Waals surface area (Å²) in [5.74, 6) is -0.159. The van der Waals surface area contributed by atoms with E-state index in [1.54, 1.807) is 12.1 Å². The van der Waals surface area contributed by atoms with Crippen LogP contribution in [0, 0.1) is 0 Å². The molecule has 5 nitrogen and oxygen atoms in total. The molecule has 116 valence electrons. The molecule has 0 saturated carbocycles. The van der Waals surface area contributed by atoms with Gasteiger partial charge in [0.1, 0.15) is 0 Å². The molecule has 3 amide bonds. The Kier molecular flexibility index (Phi) is 8.68. The van der Waals surface area contributed by atoms with Crippen molar-refractivity contribution in [3.05, 3.63) is 30.3 Å². The van der Waals surface area contributed by atoms with Crippen LogP contribution in [0.25, 0.3) is 0 Å². The Hall–Kier alpha value is -2.04. The molecule has 0 aliphatic carbocycles. The van der Waals surface area contributed by atoms with Gasteiger partial charge in [0.15, 0.2) is 0 Å². The van der Waals surface area contributed by atoms with Crippen LogP contribution in [0.2, 0.25) is 0 Å². The topological polar surface area (TPSA) is 70.2 Å². The van der Waals surface area contributed by atoms with Gasteiger partial charge in [0.05, 0.1) is 0 Å². The number of hydrogen-bond donors (Lipinski definition) is 3. The molecule has 0 atom stereocenters. The molecule has 0 saturated heterocycles. The van der Waals surface area contributed by atoms with Gasteiger partial charge in [-0.1, -0.05) is 57.2 Å². The molecule has 0 fully saturated rings. The maximum atomic E-state index is 11.5. The van der Waals surface area contributed by atoms with E-state index in [0.29, 0.717) is 12.1 Å². The van der Waals surface area contributed by atoms with Gasteiger partial charge >= 0.3 is 6.03 Å². The van der Waals surface area contributed by atoms with E-state index in [1.807, 2.05) is 18.2 Å². The number of carbonyl (C=O) groups is 2. The third-order valence-corrected chi connectivity index (χ3v) is 3.10. The average molecular weight is 291 g/mol. The third-order valence-electron chi connectivity index (χ3n) is 3.10. The number of nitrogens with one attached hydrogen (secondary N) is 3. The quantitative estimate of drug-likeness (QED) is 0.506. The van der Waals surface area contributed by atoms with E-state index in [2.05, 4.69) is 23.1 Å². The average Bonchev–Trinajstić information content (AvgIpc) is 2.50. The Morgan fingerprint density at radius 3 is 2.29 bits per heavy atom. The summed E-state index contributed by atoms with van der Waals surface area (Å²) in [6.07, 6.45) is 7.24. The Labute approximate surface area is 126 Å². The summed E-state index contributed by atoms with van der Waals surface area (Å²) in [5, 5.41) is 2.62. The molecular formula is C16H25N3O2. The van der Waals surface area contributed by atoms with Crippen LogP contribution in [0.4, 0.5) is 10.5 Å². The minimum absolute atomic E-state index is 0.159. The second kappa shape index (κ2) is 10.7. The van der Waals surface area contributed by atoms with E-state index in [0.717, 1.165) is 12.8 Å². The zero-order valence-corrected chi connectivity index (χ0v) is 12.7. The number of carbonyl (C=O) groups excluding carboxylic acids is 2. The maximum Gasteiger partial charge on any atom is 0.337 e. The van der Waals surface area contributed by atoms with Crippen molar-refractivity contribution in [3.63, 3.8) is 0 Å². The van der Waals surface area contributed by atoms with Crippen molar-refractivity contribution in [2.24, 2.45) is 0 Å². The van der Waals surface area contributed by atoms with Gasteiger partial charge in [-0.05, 0) is 18.6 Å². The van der Waals surface area contributed by atoms with Gasteiger partial charge in [0.25, 0.3) is 0 Å². The Morgan fingerprint density at radius 2 is 1.57 bits per heavy atom. The third kappa shape index (κ3) is 8.68. The molecular weight excluding hydrogens is 266 g/mol. The molecule has 0 bridgehead atoms. The molecule has 0 radical (unpaired) electrons. The lowest BCUT2D eigenvalue weighted by Gasteiger charge is -2.08. The van der Waals surface area contributed by atoms with Gasteiger partial charge in [-0.15, -0.1) is 0 Å². The number of hydrogen-bond acceptors (Lipinski definition) is 2. The molecule has 0 spiro atoms. The highest BCUT2D eigenvalue weighted by molar-refractivity contribution is 5.90. The normalized spacial score (nSPS) is 9.95. The van der Waals surface area contributed by atoms with Crippen LogP contribution in [-0.2, 0) is 4.79 Å². The molecule has 0 aliphatic rings. The van der Waals surface area contributed by atoms with Crippen LogP contribution in [0.3, 0.4) is 0 Å². The summed E-state index contributed by atoms with van der Waals surface area (Å²) in [5.41, 5.74) is 5.43. The van der Waals surface area contributed by atoms with Crippen molar-refractivity contribution >= 4 is 17.6 Å². The molecule has 0 heterocycles. The summed E-state index contributed by atoms with van der Waals surface area (Å²) in [6, 6.07) is 8.62. The van der Waals surface area contributed by atoms with Crippen molar-refractivity contribution in [1.82, 2.24) is 10.9 Å². The highest BCUT2D eigenvalue weighted by atomic mass is 16.2. The first-order valence-corrected chi connectivity index (χ1v) is 7.63. The first kappa shape index (κ1) is 17.0. The highest BCUT2D eigenvalue weighted by Gasteiger charge is 2.04. The fourth-order valence-electron chi connectivity index (χ4n) is 1.94. The zero-order chi connectivity index (χ0) is 15.3. The van der Waals surface area contributed by atoms with E-state index in [-0.39, 0.29) is 5.91 Å². The number of benzene rings is 1. The summed E-state index contributed by atoms with van der Waals surface area (Å²) in [4.78, 5) is 23.1. The molecule has 21 heavy (non-hydrogen) atoms. The van der Waals surface area contributed by atoms with Gasteiger partial charge in [0.2, 0.25) is 5.91 Å². The number of para-hydroxylation sites is 1. The summed E-state index contributed by atoms with van der Waals surface area (Å²) >= 11 is 0. The molecule has 3 N–H and O–H groups in total. The molecule has 0 aliphatic heterocycles. The SMILES string of the molecule is CCCCCCCCC(=O)NNC(=O)Nc1ccccc1. The van der Waals surface area contributed by atoms with Crippen LogP contribution in [0.5, 0.6) is 0 Å². The number of rotatable bonds is 8. The number of amides is 3. The second-order valence-corrected chi connectivity index (χ2v) is 5.01. The number of unbranched alkanes of at least 4 members (excludes halogenated alkanes) is 5. The van der Waals surface area contributed by atoms with Gasteiger partial charge < -0.3 is 5.32 Å². The van der Waals surface area contributed by atoms with Crippen molar-refractivity contribution in [1.29, 1.82) is 0 Å². The van der Waals surface area contributed by atoms with Crippen LogP contribution in [0.15, 0.2) is 30.3 Å². The minimum atomic E-state index is -0.447. The van der Waals surface area contributed by atoms with E-state index in [9.17, 15) is 9.59 Å². The monoisotopic (exact) mass is 291 g/mol. The van der Waals surface area contributed by atoms with Crippen molar-refractivity contribution in [2.75, 3.05) is 5.32 Å². The van der Waals surface area contributed by atoms with E-state index >= 15 is 0 Å². The number of anilines is 1. The van der Waals surface area contributed by atoms with Gasteiger partial charge in [-0.25, -0.2) is 10.2 Å². The number of hydrazine groups is 1. The fraction of sp³-hybridized carbons (Fsp3) is 0.500. The first-order chi connectivity index (χ1) is 10.2. The Balaban J connectivity index is 2.05. The molecule has 5 heteroatoms. The molecule has 0 aromatic heterocycles. The zero-order valence-electron chi connectivity index (χ0n) is 12.7. The summed E-state index contributed by atoms with van der Waals surface area (Å²) in [6.45, 7) is 2.18. The van der Waals surface area contributed by atoms with E-state index in [4.69, 9.17) is 0 Å². The first-order valence-electron chi connectivity index (χ1n) is 7.63. The summed E-state index contributed by atoms with van der Waals surface area (Å²) in [7, 11) is 0. The van der Waals surface area contributed by atoms with E-state index < -0.39 is 6.03 Å². The maximum absolute atomic E-state index is 11.5. The molecule has 1 rings (SSSR count). The van der Waals surface area contributed by atoms with Crippen LogP contribution in [-0.4, -0.2) is 11.9 Å². The minimum Gasteiger partial charge on any atom is -0.307 e.